The topological polar surface area (TPSA) is 62.6 Å². The maximum atomic E-state index is 12.4. The number of ether oxygens (including phenoxy) is 1. The summed E-state index contributed by atoms with van der Waals surface area (Å²) < 4.78 is 7.24. The van der Waals surface area contributed by atoms with E-state index in [-0.39, 0.29) is 6.03 Å². The van der Waals surface area contributed by atoms with Crippen LogP contribution >= 0.6 is 0 Å². The average Bonchev–Trinajstić information content (AvgIpc) is 2.98. The quantitative estimate of drug-likeness (QED) is 0.919. The van der Waals surface area contributed by atoms with E-state index < -0.39 is 0 Å². The van der Waals surface area contributed by atoms with E-state index in [0.717, 1.165) is 35.8 Å². The van der Waals surface area contributed by atoms with E-state index in [1.165, 1.54) is 0 Å². The predicted molar refractivity (Wildman–Crippen MR) is 97.0 cm³/mol. The minimum absolute atomic E-state index is 0.0251. The molecule has 1 aromatic heterocycles. The van der Waals surface area contributed by atoms with Gasteiger partial charge < -0.3 is 19.9 Å². The standard InChI is InChI=1S/C18H25N5O2/c1-14-15(13-20-21(14)2)12-19-18(24)23-10-8-22(9-11-23)16-6-4-5-7-17(16)25-3/h4-7,13H,8-12H2,1-3H3,(H,19,24). The number of hydrogen-bond donors (Lipinski definition) is 1. The Morgan fingerprint density at radius 2 is 1.96 bits per heavy atom. The van der Waals surface area contributed by atoms with E-state index >= 15 is 0 Å². The summed E-state index contributed by atoms with van der Waals surface area (Å²) in [4.78, 5) is 16.5. The van der Waals surface area contributed by atoms with Crippen LogP contribution in [0, 0.1) is 6.92 Å². The smallest absolute Gasteiger partial charge is 0.317 e. The van der Waals surface area contributed by atoms with Crippen molar-refractivity contribution >= 4 is 11.7 Å². The number of aryl methyl sites for hydroxylation is 1. The minimum atomic E-state index is -0.0251. The first-order chi connectivity index (χ1) is 12.1. The highest BCUT2D eigenvalue weighted by Gasteiger charge is 2.22. The van der Waals surface area contributed by atoms with Crippen LogP contribution in [0.25, 0.3) is 0 Å². The van der Waals surface area contributed by atoms with Crippen LogP contribution in [-0.2, 0) is 13.6 Å². The number of aromatic nitrogens is 2. The molecule has 0 atom stereocenters. The average molecular weight is 343 g/mol. The van der Waals surface area contributed by atoms with Crippen molar-refractivity contribution in [2.75, 3.05) is 38.2 Å². The highest BCUT2D eigenvalue weighted by atomic mass is 16.5. The monoisotopic (exact) mass is 343 g/mol. The zero-order chi connectivity index (χ0) is 17.8. The molecule has 0 radical (unpaired) electrons. The molecule has 134 valence electrons. The van der Waals surface area contributed by atoms with Gasteiger partial charge in [0.25, 0.3) is 0 Å². The van der Waals surface area contributed by atoms with Crippen molar-refractivity contribution in [3.63, 3.8) is 0 Å². The maximum absolute atomic E-state index is 12.4. The molecular weight excluding hydrogens is 318 g/mol. The zero-order valence-electron chi connectivity index (χ0n) is 15.0. The summed E-state index contributed by atoms with van der Waals surface area (Å²) in [5.41, 5.74) is 3.20. The van der Waals surface area contributed by atoms with Gasteiger partial charge >= 0.3 is 6.03 Å². The molecule has 3 rings (SSSR count). The van der Waals surface area contributed by atoms with E-state index in [1.54, 1.807) is 13.3 Å². The van der Waals surface area contributed by atoms with E-state index in [9.17, 15) is 4.79 Å². The summed E-state index contributed by atoms with van der Waals surface area (Å²) in [5.74, 6) is 0.868. The number of anilines is 1. The van der Waals surface area contributed by atoms with Gasteiger partial charge in [-0.2, -0.15) is 5.10 Å². The van der Waals surface area contributed by atoms with Gasteiger partial charge in [0.2, 0.25) is 0 Å². The van der Waals surface area contributed by atoms with Crippen LogP contribution in [0.2, 0.25) is 0 Å². The first-order valence-electron chi connectivity index (χ1n) is 8.48. The van der Waals surface area contributed by atoms with Crippen LogP contribution in [0.1, 0.15) is 11.3 Å². The molecule has 0 aliphatic carbocycles. The summed E-state index contributed by atoms with van der Waals surface area (Å²) >= 11 is 0. The van der Waals surface area contributed by atoms with Crippen molar-refractivity contribution in [2.24, 2.45) is 7.05 Å². The second-order valence-corrected chi connectivity index (χ2v) is 6.18. The number of carbonyl (C=O) groups excluding carboxylic acids is 1. The molecular formula is C18H25N5O2. The van der Waals surface area contributed by atoms with Crippen LogP contribution in [-0.4, -0.2) is 54.0 Å². The molecule has 0 saturated carbocycles. The first kappa shape index (κ1) is 17.1. The third-order valence-electron chi connectivity index (χ3n) is 4.76. The Hall–Kier alpha value is -2.70. The van der Waals surface area contributed by atoms with E-state index in [1.807, 2.05) is 41.8 Å². The molecule has 1 aromatic carbocycles. The second-order valence-electron chi connectivity index (χ2n) is 6.18. The number of methoxy groups -OCH3 is 1. The lowest BCUT2D eigenvalue weighted by Gasteiger charge is -2.36. The molecule has 0 bridgehead atoms. The van der Waals surface area contributed by atoms with Crippen molar-refractivity contribution < 1.29 is 9.53 Å². The van der Waals surface area contributed by atoms with Gasteiger partial charge in [0.05, 0.1) is 19.0 Å². The third kappa shape index (κ3) is 3.70. The van der Waals surface area contributed by atoms with Crippen LogP contribution in [0.3, 0.4) is 0 Å². The number of nitrogens with zero attached hydrogens (tertiary/aromatic N) is 4. The summed E-state index contributed by atoms with van der Waals surface area (Å²) in [5, 5.41) is 7.19. The normalized spacial score (nSPS) is 14.5. The molecule has 7 heteroatoms. The number of piperazine rings is 1. The molecule has 0 unspecified atom stereocenters. The maximum Gasteiger partial charge on any atom is 0.317 e. The second kappa shape index (κ2) is 7.46. The number of para-hydroxylation sites is 2. The van der Waals surface area contributed by atoms with Gasteiger partial charge in [-0.15, -0.1) is 0 Å². The number of nitrogens with one attached hydrogen (secondary N) is 1. The Balaban J connectivity index is 1.53. The van der Waals surface area contributed by atoms with E-state index in [0.29, 0.717) is 19.6 Å². The number of urea groups is 1. The zero-order valence-corrected chi connectivity index (χ0v) is 15.0. The Kier molecular flexibility index (Phi) is 5.11. The molecule has 2 aromatic rings. The SMILES string of the molecule is COc1ccccc1N1CCN(C(=O)NCc2cnn(C)c2C)CC1. The summed E-state index contributed by atoms with van der Waals surface area (Å²) in [6, 6.07) is 7.97. The van der Waals surface area contributed by atoms with E-state index in [2.05, 4.69) is 21.4 Å². The number of rotatable bonds is 4. The van der Waals surface area contributed by atoms with Crippen molar-refractivity contribution in [3.05, 3.63) is 41.7 Å². The molecule has 25 heavy (non-hydrogen) atoms. The molecule has 2 amide bonds. The van der Waals surface area contributed by atoms with Gasteiger partial charge in [-0.1, -0.05) is 12.1 Å². The lowest BCUT2D eigenvalue weighted by atomic mass is 10.2. The Morgan fingerprint density at radius 3 is 2.60 bits per heavy atom. The predicted octanol–water partition coefficient (Wildman–Crippen LogP) is 1.77. The lowest BCUT2D eigenvalue weighted by Crippen LogP contribution is -2.51. The summed E-state index contributed by atoms with van der Waals surface area (Å²) in [6.45, 7) is 5.47. The first-order valence-corrected chi connectivity index (χ1v) is 8.48. The number of benzene rings is 1. The third-order valence-corrected chi connectivity index (χ3v) is 4.76. The molecule has 7 nitrogen and oxygen atoms in total. The highest BCUT2D eigenvalue weighted by molar-refractivity contribution is 5.74. The molecule has 1 fully saturated rings. The van der Waals surface area contributed by atoms with Crippen LogP contribution < -0.4 is 15.0 Å². The molecule has 0 spiro atoms. The fraction of sp³-hybridized carbons (Fsp3) is 0.444. The Bertz CT molecular complexity index is 735. The van der Waals surface area contributed by atoms with Gasteiger partial charge in [-0.25, -0.2) is 4.79 Å². The number of amides is 2. The van der Waals surface area contributed by atoms with Crippen molar-refractivity contribution in [2.45, 2.75) is 13.5 Å². The van der Waals surface area contributed by atoms with Crippen molar-refractivity contribution in [1.29, 1.82) is 0 Å². The van der Waals surface area contributed by atoms with Crippen LogP contribution in [0.15, 0.2) is 30.5 Å². The van der Waals surface area contributed by atoms with Gasteiger partial charge in [0.1, 0.15) is 5.75 Å². The fourth-order valence-electron chi connectivity index (χ4n) is 3.04. The molecule has 1 saturated heterocycles. The molecule has 1 N–H and O–H groups in total. The highest BCUT2D eigenvalue weighted by Crippen LogP contribution is 2.28. The Labute approximate surface area is 148 Å². The van der Waals surface area contributed by atoms with Gasteiger partial charge in [-0.05, 0) is 19.1 Å². The summed E-state index contributed by atoms with van der Waals surface area (Å²) in [6.07, 6.45) is 1.80. The van der Waals surface area contributed by atoms with Gasteiger partial charge in [-0.3, -0.25) is 4.68 Å². The summed E-state index contributed by atoms with van der Waals surface area (Å²) in [7, 11) is 3.58. The van der Waals surface area contributed by atoms with Gasteiger partial charge in [0.15, 0.2) is 0 Å². The van der Waals surface area contributed by atoms with E-state index in [4.69, 9.17) is 4.74 Å². The number of hydrogen-bond acceptors (Lipinski definition) is 4. The van der Waals surface area contributed by atoms with Gasteiger partial charge in [0, 0.05) is 51.0 Å². The van der Waals surface area contributed by atoms with Crippen LogP contribution in [0.4, 0.5) is 10.5 Å². The lowest BCUT2D eigenvalue weighted by molar-refractivity contribution is 0.194. The molecule has 1 aliphatic rings. The molecule has 1 aliphatic heterocycles. The minimum Gasteiger partial charge on any atom is -0.495 e. The Morgan fingerprint density at radius 1 is 1.24 bits per heavy atom. The fourth-order valence-corrected chi connectivity index (χ4v) is 3.04. The van der Waals surface area contributed by atoms with Crippen LogP contribution in [0.5, 0.6) is 5.75 Å². The number of carbonyl (C=O) groups is 1. The van der Waals surface area contributed by atoms with Crippen molar-refractivity contribution in [3.8, 4) is 5.75 Å². The molecule has 2 heterocycles. The largest absolute Gasteiger partial charge is 0.495 e. The van der Waals surface area contributed by atoms with Crippen molar-refractivity contribution in [1.82, 2.24) is 20.0 Å².